The van der Waals surface area contributed by atoms with Crippen LogP contribution in [-0.4, -0.2) is 16.6 Å². The maximum absolute atomic E-state index is 10.9. The molecule has 0 aliphatic carbocycles. The van der Waals surface area contributed by atoms with Crippen LogP contribution >= 0.6 is 0 Å². The largest absolute Gasteiger partial charge is 0.358 e. The number of hydrogen-bond acceptors (Lipinski definition) is 2. The minimum atomic E-state index is -0.111. The van der Waals surface area contributed by atoms with Gasteiger partial charge in [0.25, 0.3) is 0 Å². The van der Waals surface area contributed by atoms with E-state index in [1.807, 2.05) is 0 Å². The number of aromatic nitrogens is 1. The molecule has 0 atom stereocenters. The van der Waals surface area contributed by atoms with Gasteiger partial charge in [0.05, 0.1) is 5.69 Å². The van der Waals surface area contributed by atoms with Crippen molar-refractivity contribution < 1.29 is 9.59 Å². The normalized spacial score (nSPS) is 9.64. The van der Waals surface area contributed by atoms with Gasteiger partial charge in [-0.1, -0.05) is 0 Å². The molecule has 0 saturated carbocycles. The van der Waals surface area contributed by atoms with Crippen molar-refractivity contribution in [2.75, 3.05) is 0 Å². The molecule has 0 aliphatic rings. The summed E-state index contributed by atoms with van der Waals surface area (Å²) in [6.45, 7) is 2.87. The zero-order chi connectivity index (χ0) is 8.43. The number of ketones is 2. The Hall–Kier alpha value is -1.38. The maximum Gasteiger partial charge on any atom is 0.176 e. The highest BCUT2D eigenvalue weighted by Crippen LogP contribution is 2.07. The molecule has 0 bridgehead atoms. The summed E-state index contributed by atoms with van der Waals surface area (Å²) in [5, 5.41) is 0. The number of carbonyl (C=O) groups is 2. The van der Waals surface area contributed by atoms with Gasteiger partial charge in [-0.15, -0.1) is 0 Å². The third kappa shape index (κ3) is 1.37. The summed E-state index contributed by atoms with van der Waals surface area (Å²) in [7, 11) is 0. The molecule has 0 fully saturated rings. The minimum Gasteiger partial charge on any atom is -0.358 e. The summed E-state index contributed by atoms with van der Waals surface area (Å²) in [5.74, 6) is -0.198. The number of nitrogens with one attached hydrogen (secondary N) is 1. The van der Waals surface area contributed by atoms with Crippen LogP contribution in [0.25, 0.3) is 0 Å². The molecule has 0 aromatic carbocycles. The molecule has 58 valence electrons. The van der Waals surface area contributed by atoms with E-state index in [1.165, 1.54) is 13.8 Å². The first-order chi connectivity index (χ1) is 5.13. The number of carbonyl (C=O) groups excluding carboxylic acids is 2. The van der Waals surface area contributed by atoms with Crippen LogP contribution < -0.4 is 0 Å². The molecule has 3 nitrogen and oxygen atoms in total. The first-order valence-corrected chi connectivity index (χ1v) is 3.32. The van der Waals surface area contributed by atoms with Crippen molar-refractivity contribution in [3.8, 4) is 0 Å². The molecule has 1 heterocycles. The van der Waals surface area contributed by atoms with Crippen LogP contribution in [-0.2, 0) is 0 Å². The minimum absolute atomic E-state index is 0.0866. The molecular formula is C8H9NO2. The van der Waals surface area contributed by atoms with Crippen LogP contribution in [0.15, 0.2) is 12.3 Å². The van der Waals surface area contributed by atoms with Crippen LogP contribution in [0.2, 0.25) is 0 Å². The van der Waals surface area contributed by atoms with Gasteiger partial charge in [-0.25, -0.2) is 0 Å². The standard InChI is InChI=1S/C8H9NO2/c1-5(10)7-3-4-9-8(7)6(2)11/h3-4,9H,1-2H3. The van der Waals surface area contributed by atoms with Gasteiger partial charge in [0.1, 0.15) is 0 Å². The second-order valence-corrected chi connectivity index (χ2v) is 2.38. The van der Waals surface area contributed by atoms with Gasteiger partial charge in [0, 0.05) is 18.7 Å². The van der Waals surface area contributed by atoms with Gasteiger partial charge >= 0.3 is 0 Å². The Morgan fingerprint density at radius 2 is 1.91 bits per heavy atom. The van der Waals surface area contributed by atoms with Crippen molar-refractivity contribution in [1.82, 2.24) is 4.98 Å². The summed E-state index contributed by atoms with van der Waals surface area (Å²) in [4.78, 5) is 24.4. The van der Waals surface area contributed by atoms with E-state index in [4.69, 9.17) is 0 Å². The molecule has 0 amide bonds. The van der Waals surface area contributed by atoms with Crippen molar-refractivity contribution in [2.24, 2.45) is 0 Å². The molecule has 1 N–H and O–H groups in total. The fourth-order valence-electron chi connectivity index (χ4n) is 0.954. The van der Waals surface area contributed by atoms with Crippen molar-refractivity contribution in [2.45, 2.75) is 13.8 Å². The fourth-order valence-corrected chi connectivity index (χ4v) is 0.954. The molecule has 3 heteroatoms. The highest BCUT2D eigenvalue weighted by Gasteiger charge is 2.10. The Labute approximate surface area is 64.4 Å². The quantitative estimate of drug-likeness (QED) is 0.650. The van der Waals surface area contributed by atoms with E-state index >= 15 is 0 Å². The average molecular weight is 151 g/mol. The number of H-pyrrole nitrogens is 1. The Bertz CT molecular complexity index is 270. The Morgan fingerprint density at radius 3 is 2.27 bits per heavy atom. The van der Waals surface area contributed by atoms with Crippen LogP contribution in [0.4, 0.5) is 0 Å². The highest BCUT2D eigenvalue weighted by molar-refractivity contribution is 6.06. The molecule has 0 spiro atoms. The molecule has 0 aliphatic heterocycles. The molecule has 11 heavy (non-hydrogen) atoms. The molecule has 1 aromatic rings. The number of Topliss-reactive ketones (excluding diaryl/α,β-unsaturated/α-hetero) is 2. The maximum atomic E-state index is 10.9. The summed E-state index contributed by atoms with van der Waals surface area (Å²) in [6, 6.07) is 1.61. The Kier molecular flexibility index (Phi) is 1.89. The van der Waals surface area contributed by atoms with Crippen LogP contribution in [0.5, 0.6) is 0 Å². The van der Waals surface area contributed by atoms with E-state index in [-0.39, 0.29) is 11.6 Å². The third-order valence-corrected chi connectivity index (χ3v) is 1.48. The molecule has 1 rings (SSSR count). The van der Waals surface area contributed by atoms with Gasteiger partial charge in [-0.05, 0) is 13.0 Å². The summed E-state index contributed by atoms with van der Waals surface area (Å²) >= 11 is 0. The van der Waals surface area contributed by atoms with Gasteiger partial charge in [-0.3, -0.25) is 9.59 Å². The zero-order valence-corrected chi connectivity index (χ0v) is 6.47. The van der Waals surface area contributed by atoms with Crippen molar-refractivity contribution >= 4 is 11.6 Å². The predicted molar refractivity (Wildman–Crippen MR) is 40.8 cm³/mol. The Morgan fingerprint density at radius 1 is 1.27 bits per heavy atom. The first kappa shape index (κ1) is 7.72. The summed E-state index contributed by atoms with van der Waals surface area (Å²) in [5.41, 5.74) is 0.870. The summed E-state index contributed by atoms with van der Waals surface area (Å²) < 4.78 is 0. The SMILES string of the molecule is CC(=O)c1cc[nH]c1C(C)=O. The second-order valence-electron chi connectivity index (χ2n) is 2.38. The van der Waals surface area contributed by atoms with E-state index in [0.29, 0.717) is 11.3 Å². The number of rotatable bonds is 2. The molecule has 0 unspecified atom stereocenters. The van der Waals surface area contributed by atoms with Crippen LogP contribution in [0.3, 0.4) is 0 Å². The zero-order valence-electron chi connectivity index (χ0n) is 6.47. The van der Waals surface area contributed by atoms with Crippen LogP contribution in [0.1, 0.15) is 34.7 Å². The van der Waals surface area contributed by atoms with Crippen molar-refractivity contribution in [1.29, 1.82) is 0 Å². The lowest BCUT2D eigenvalue weighted by Crippen LogP contribution is -2.01. The lowest BCUT2D eigenvalue weighted by molar-refractivity contribution is 0.0978. The van der Waals surface area contributed by atoms with Crippen molar-refractivity contribution in [3.05, 3.63) is 23.5 Å². The smallest absolute Gasteiger partial charge is 0.176 e. The fraction of sp³-hybridized carbons (Fsp3) is 0.250. The van der Waals surface area contributed by atoms with Gasteiger partial charge in [0.15, 0.2) is 11.6 Å². The number of hydrogen-bond donors (Lipinski definition) is 1. The number of aromatic amines is 1. The topological polar surface area (TPSA) is 49.9 Å². The van der Waals surface area contributed by atoms with E-state index in [0.717, 1.165) is 0 Å². The highest BCUT2D eigenvalue weighted by atomic mass is 16.1. The first-order valence-electron chi connectivity index (χ1n) is 3.32. The summed E-state index contributed by atoms with van der Waals surface area (Å²) in [6.07, 6.45) is 1.59. The monoisotopic (exact) mass is 151 g/mol. The lowest BCUT2D eigenvalue weighted by atomic mass is 10.1. The predicted octanol–water partition coefficient (Wildman–Crippen LogP) is 1.42. The van der Waals surface area contributed by atoms with E-state index in [9.17, 15) is 9.59 Å². The van der Waals surface area contributed by atoms with E-state index in [2.05, 4.69) is 4.98 Å². The van der Waals surface area contributed by atoms with Gasteiger partial charge < -0.3 is 4.98 Å². The van der Waals surface area contributed by atoms with Crippen molar-refractivity contribution in [3.63, 3.8) is 0 Å². The Balaban J connectivity index is 3.16. The van der Waals surface area contributed by atoms with Gasteiger partial charge in [0.2, 0.25) is 0 Å². The average Bonchev–Trinajstić information content (AvgIpc) is 2.32. The lowest BCUT2D eigenvalue weighted by Gasteiger charge is -1.93. The third-order valence-electron chi connectivity index (χ3n) is 1.48. The second kappa shape index (κ2) is 2.70. The van der Waals surface area contributed by atoms with E-state index < -0.39 is 0 Å². The molecule has 0 radical (unpaired) electrons. The molecular weight excluding hydrogens is 142 g/mol. The molecule has 0 saturated heterocycles. The van der Waals surface area contributed by atoms with Gasteiger partial charge in [-0.2, -0.15) is 0 Å². The van der Waals surface area contributed by atoms with E-state index in [1.54, 1.807) is 12.3 Å². The molecule has 1 aromatic heterocycles. The van der Waals surface area contributed by atoms with Crippen LogP contribution in [0, 0.1) is 0 Å².